The lowest BCUT2D eigenvalue weighted by molar-refractivity contribution is 0.0555. The predicted octanol–water partition coefficient (Wildman–Crippen LogP) is 8.19. The Bertz CT molecular complexity index is 3210. The first-order valence-corrected chi connectivity index (χ1v) is 26.5. The third kappa shape index (κ3) is 12.2. The molecule has 0 aliphatic heterocycles. The lowest BCUT2D eigenvalue weighted by Gasteiger charge is -2.23. The number of sulfone groups is 2. The van der Waals surface area contributed by atoms with E-state index in [2.05, 4.69) is 50.3 Å². The lowest BCUT2D eigenvalue weighted by atomic mass is 10.2. The highest BCUT2D eigenvalue weighted by molar-refractivity contribution is 7.91. The minimum absolute atomic E-state index is 0.0567. The molecule has 8 aromatic rings. The molecule has 24 heteroatoms. The van der Waals surface area contributed by atoms with Gasteiger partial charge in [0.2, 0.25) is 0 Å². The third-order valence-corrected chi connectivity index (χ3v) is 15.6. The molecule has 0 spiro atoms. The molecule has 74 heavy (non-hydrogen) atoms. The fraction of sp³-hybridized carbons (Fsp3) is 0.320. The molecule has 0 N–H and O–H groups in total. The highest BCUT2D eigenvalue weighted by Crippen LogP contribution is 2.33. The van der Waals surface area contributed by atoms with Crippen LogP contribution in [0.5, 0.6) is 0 Å². The summed E-state index contributed by atoms with van der Waals surface area (Å²) in [6.07, 6.45) is 10.5. The number of aromatic nitrogens is 12. The van der Waals surface area contributed by atoms with Gasteiger partial charge >= 0.3 is 0 Å². The molecular weight excluding hydrogens is 1000 g/mol. The molecule has 0 radical (unpaired) electrons. The number of para-hydroxylation sites is 2. The molecule has 0 bridgehead atoms. The normalized spacial score (nSPS) is 13.5. The quantitative estimate of drug-likeness (QED) is 0.0738. The average Bonchev–Trinajstić information content (AvgIpc) is 3.96. The molecule has 0 unspecified atom stereocenters. The van der Waals surface area contributed by atoms with Crippen molar-refractivity contribution in [1.82, 2.24) is 59.4 Å². The van der Waals surface area contributed by atoms with E-state index in [1.807, 2.05) is 13.8 Å². The zero-order valence-corrected chi connectivity index (χ0v) is 43.2. The summed E-state index contributed by atoms with van der Waals surface area (Å²) in [4.78, 5) is 25.2. The molecule has 8 rings (SSSR count). The van der Waals surface area contributed by atoms with Gasteiger partial charge in [-0.3, -0.25) is 19.1 Å². The summed E-state index contributed by atoms with van der Waals surface area (Å²) in [6, 6.07) is 10.2. The monoisotopic (exact) mass is 1060 g/mol. The van der Waals surface area contributed by atoms with Gasteiger partial charge in [0.05, 0.1) is 10.5 Å². The zero-order valence-electron chi connectivity index (χ0n) is 41.5. The Balaban J connectivity index is 0.000000216. The number of rotatable bonds is 18. The summed E-state index contributed by atoms with van der Waals surface area (Å²) < 4.78 is 128. The molecule has 6 aromatic heterocycles. The number of pyridine rings is 2. The van der Waals surface area contributed by atoms with Crippen molar-refractivity contribution in [3.63, 3.8) is 0 Å². The highest BCUT2D eigenvalue weighted by Gasteiger charge is 2.37. The number of halogens is 4. The van der Waals surface area contributed by atoms with E-state index < -0.39 is 88.5 Å². The summed E-state index contributed by atoms with van der Waals surface area (Å²) in [5.41, 5.74) is 3.07. The van der Waals surface area contributed by atoms with Crippen LogP contribution in [0.15, 0.2) is 98.1 Å². The van der Waals surface area contributed by atoms with Gasteiger partial charge in [0, 0.05) is 73.9 Å². The second kappa shape index (κ2) is 23.3. The number of ether oxygens (including phenoxy) is 2. The van der Waals surface area contributed by atoms with Gasteiger partial charge in [0.15, 0.2) is 54.6 Å². The Hall–Kier alpha value is -7.28. The summed E-state index contributed by atoms with van der Waals surface area (Å²) in [5.74, 6) is -4.67. The van der Waals surface area contributed by atoms with E-state index in [1.165, 1.54) is 38.4 Å². The van der Waals surface area contributed by atoms with Crippen LogP contribution in [0.25, 0.3) is 34.2 Å². The molecule has 18 nitrogen and oxygen atoms in total. The van der Waals surface area contributed by atoms with Gasteiger partial charge in [-0.05, 0) is 114 Å². The van der Waals surface area contributed by atoms with Crippen LogP contribution in [0.1, 0.15) is 85.5 Å². The number of benzene rings is 2. The van der Waals surface area contributed by atoms with Crippen LogP contribution in [-0.4, -0.2) is 100.0 Å². The van der Waals surface area contributed by atoms with E-state index in [0.717, 1.165) is 55.7 Å². The first-order chi connectivity index (χ1) is 35.2. The predicted molar refractivity (Wildman–Crippen MR) is 265 cm³/mol. The molecule has 0 saturated carbocycles. The van der Waals surface area contributed by atoms with Crippen LogP contribution in [0, 0.1) is 51.0 Å². The summed E-state index contributed by atoms with van der Waals surface area (Å²) >= 11 is 0. The minimum atomic E-state index is -4.02. The van der Waals surface area contributed by atoms with Crippen LogP contribution in [0.3, 0.4) is 0 Å². The van der Waals surface area contributed by atoms with Crippen LogP contribution in [0.2, 0.25) is 0 Å². The second-order valence-electron chi connectivity index (χ2n) is 17.2. The summed E-state index contributed by atoms with van der Waals surface area (Å²) in [6.45, 7) is 14.1. The minimum Gasteiger partial charge on any atom is -0.369 e. The Morgan fingerprint density at radius 3 is 1.15 bits per heavy atom. The Morgan fingerprint density at radius 1 is 0.500 bits per heavy atom. The lowest BCUT2D eigenvalue weighted by Crippen LogP contribution is -2.30. The molecular formula is C50H52F4N12O6S2. The smallest absolute Gasteiger partial charge is 0.170 e. The van der Waals surface area contributed by atoms with Crippen molar-refractivity contribution < 1.29 is 43.9 Å². The molecule has 0 aliphatic carbocycles. The van der Waals surface area contributed by atoms with E-state index in [4.69, 9.17) is 9.47 Å². The Labute approximate surface area is 425 Å². The zero-order chi connectivity index (χ0) is 53.5. The third-order valence-electron chi connectivity index (χ3n) is 11.5. The van der Waals surface area contributed by atoms with Crippen molar-refractivity contribution in [2.75, 3.05) is 13.2 Å². The van der Waals surface area contributed by atoms with Crippen molar-refractivity contribution >= 4 is 19.7 Å². The highest BCUT2D eigenvalue weighted by atomic mass is 32.2. The molecule has 4 atom stereocenters. The second-order valence-corrected chi connectivity index (χ2v) is 21.9. The van der Waals surface area contributed by atoms with Crippen molar-refractivity contribution in [2.45, 2.75) is 89.6 Å². The van der Waals surface area contributed by atoms with Gasteiger partial charge in [0.1, 0.15) is 58.4 Å². The number of aryl methyl sites for hydroxylation is 4. The number of nitrogens with zero attached hydrogens (tertiary/aromatic N) is 12. The first kappa shape index (κ1) is 54.5. The van der Waals surface area contributed by atoms with Crippen LogP contribution in [0.4, 0.5) is 17.6 Å². The van der Waals surface area contributed by atoms with Gasteiger partial charge in [-0.2, -0.15) is 0 Å². The van der Waals surface area contributed by atoms with E-state index in [-0.39, 0.29) is 48.2 Å². The molecule has 0 aliphatic rings. The molecule has 0 saturated heterocycles. The maximum atomic E-state index is 14.9. The summed E-state index contributed by atoms with van der Waals surface area (Å²) in [5, 5.41) is 14.1. The maximum Gasteiger partial charge on any atom is 0.170 e. The fourth-order valence-corrected chi connectivity index (χ4v) is 10.5. The van der Waals surface area contributed by atoms with E-state index >= 15 is 0 Å². The largest absolute Gasteiger partial charge is 0.369 e. The van der Waals surface area contributed by atoms with Gasteiger partial charge in [-0.1, -0.05) is 12.1 Å². The maximum absolute atomic E-state index is 14.9. The Kier molecular flexibility index (Phi) is 17.2. The van der Waals surface area contributed by atoms with Crippen LogP contribution >= 0.6 is 0 Å². The standard InChI is InChI=1S/2C25H26F2N6O3S/c2*1-5-36-23(24-29-11-16(3)12-30-24)17(4)37(34,35)14-21-31-32-25(18-9-15(2)10-28-13-18)33(21)22-19(26)7-6-8-20(22)27/h2*6-13,17,23H,5,14H2,1-4H3/t2*17-,23-/m10/s1. The summed E-state index contributed by atoms with van der Waals surface area (Å²) in [7, 11) is -8.03. The molecule has 0 amide bonds. The molecule has 6 heterocycles. The fourth-order valence-electron chi connectivity index (χ4n) is 7.72. The van der Waals surface area contributed by atoms with E-state index in [9.17, 15) is 34.4 Å². The van der Waals surface area contributed by atoms with Crippen LogP contribution < -0.4 is 0 Å². The molecule has 2 aromatic carbocycles. The van der Waals surface area contributed by atoms with Crippen molar-refractivity contribution in [3.05, 3.63) is 167 Å². The van der Waals surface area contributed by atoms with Crippen molar-refractivity contribution in [2.24, 2.45) is 0 Å². The molecule has 388 valence electrons. The van der Waals surface area contributed by atoms with Gasteiger partial charge in [-0.25, -0.2) is 54.3 Å². The van der Waals surface area contributed by atoms with Crippen molar-refractivity contribution in [3.8, 4) is 34.2 Å². The SMILES string of the molecule is CCO[C@@H](c1ncc(C)cn1)[C@@H](C)S(=O)(=O)Cc1nnc(-c2cncc(C)c2)n1-c1c(F)cccc1F.CCO[C@H](c1ncc(C)cn1)[C@H](C)S(=O)(=O)Cc1nnc(-c2cncc(C)c2)n1-c1c(F)cccc1F. The average molecular weight is 1060 g/mol. The number of hydrogen-bond acceptors (Lipinski definition) is 16. The van der Waals surface area contributed by atoms with Crippen LogP contribution in [-0.2, 0) is 40.7 Å². The van der Waals surface area contributed by atoms with Gasteiger partial charge in [0.25, 0.3) is 0 Å². The number of hydrogen-bond donors (Lipinski definition) is 0. The van der Waals surface area contributed by atoms with E-state index in [0.29, 0.717) is 11.1 Å². The first-order valence-electron chi connectivity index (χ1n) is 23.1. The van der Waals surface area contributed by atoms with Crippen molar-refractivity contribution in [1.29, 1.82) is 0 Å². The van der Waals surface area contributed by atoms with Gasteiger partial charge in [-0.15, -0.1) is 20.4 Å². The van der Waals surface area contributed by atoms with Gasteiger partial charge < -0.3 is 9.47 Å². The molecule has 0 fully saturated rings. The Morgan fingerprint density at radius 2 is 0.838 bits per heavy atom. The topological polar surface area (TPSA) is 225 Å². The van der Waals surface area contributed by atoms with E-state index in [1.54, 1.807) is 77.0 Å².